The molecule has 0 saturated heterocycles. The van der Waals surface area contributed by atoms with Crippen molar-refractivity contribution in [3.8, 4) is 5.75 Å². The Labute approximate surface area is 151 Å². The van der Waals surface area contributed by atoms with E-state index in [0.29, 0.717) is 0 Å². The van der Waals surface area contributed by atoms with E-state index < -0.39 is 9.04 Å². The molecule has 3 aromatic rings. The fraction of sp³-hybridized carbons (Fsp3) is 0.150. The molecule has 0 fully saturated rings. The molecule has 0 amide bonds. The number of aliphatic imine (C=N–C) groups is 1. The van der Waals surface area contributed by atoms with Crippen LogP contribution in [-0.2, 0) is 0 Å². The summed E-state index contributed by atoms with van der Waals surface area (Å²) in [4.78, 5) is 13.6. The highest BCUT2D eigenvalue weighted by molar-refractivity contribution is 6.49. The van der Waals surface area contributed by atoms with Crippen LogP contribution < -0.4 is 4.43 Å². The van der Waals surface area contributed by atoms with Crippen molar-refractivity contribution in [1.29, 1.82) is 0 Å². The summed E-state index contributed by atoms with van der Waals surface area (Å²) in [5.74, 6) is 0.862. The van der Waals surface area contributed by atoms with Crippen LogP contribution >= 0.6 is 0 Å². The van der Waals surface area contributed by atoms with E-state index in [2.05, 4.69) is 36.1 Å². The van der Waals surface area contributed by atoms with E-state index in [1.165, 1.54) is 0 Å². The Morgan fingerprint density at radius 3 is 2.52 bits per heavy atom. The molecule has 1 aromatic heterocycles. The van der Waals surface area contributed by atoms with Crippen molar-refractivity contribution in [2.24, 2.45) is 4.99 Å². The van der Waals surface area contributed by atoms with E-state index in [1.54, 1.807) is 18.6 Å². The molecule has 0 atom stereocenters. The average Bonchev–Trinajstić information content (AvgIpc) is 2.63. The highest BCUT2D eigenvalue weighted by Crippen LogP contribution is 2.32. The zero-order valence-corrected chi connectivity index (χ0v) is 15.8. The molecule has 0 radical (unpaired) electrons. The molecule has 2 aromatic carbocycles. The van der Waals surface area contributed by atoms with Crippen molar-refractivity contribution in [1.82, 2.24) is 9.97 Å². The summed E-state index contributed by atoms with van der Waals surface area (Å²) < 4.78 is 6.14. The number of benzene rings is 2. The quantitative estimate of drug-likeness (QED) is 0.506. The summed E-state index contributed by atoms with van der Waals surface area (Å²) in [6.45, 7) is 6.36. The molecule has 0 aliphatic heterocycles. The minimum Gasteiger partial charge on any atom is -0.545 e. The Kier molecular flexibility index (Phi) is 5.35. The van der Waals surface area contributed by atoms with Crippen molar-refractivity contribution in [2.45, 2.75) is 20.0 Å². The lowest BCUT2D eigenvalue weighted by molar-refractivity contribution is 0.577. The third kappa shape index (κ3) is 4.19. The van der Waals surface area contributed by atoms with Crippen molar-refractivity contribution < 1.29 is 5.85 Å². The van der Waals surface area contributed by atoms with Gasteiger partial charge < -0.3 is 4.43 Å². The van der Waals surface area contributed by atoms with Gasteiger partial charge in [-0.1, -0.05) is 42.5 Å². The van der Waals surface area contributed by atoms with E-state index in [1.807, 2.05) is 42.5 Å². The van der Waals surface area contributed by atoms with Crippen molar-refractivity contribution in [3.63, 3.8) is 0 Å². The first-order chi connectivity index (χ1) is 12.1. The zero-order chi connectivity index (χ0) is 17.6. The number of rotatable bonds is 5. The molecule has 5 heteroatoms. The number of hydrogen-bond acceptors (Lipinski definition) is 4. The van der Waals surface area contributed by atoms with Gasteiger partial charge in [0.1, 0.15) is 17.1 Å². The zero-order valence-electron chi connectivity index (χ0n) is 15.7. The average molecular weight is 349 g/mol. The van der Waals surface area contributed by atoms with Gasteiger partial charge in [-0.05, 0) is 31.6 Å². The maximum atomic E-state index is 6.14. The number of aromatic nitrogens is 2. The SMILES string of the molecule is Cc1cccc(N=C(c2ccccc2)c2cnccn2)c1O[SiH](C)C.[H+]. The lowest BCUT2D eigenvalue weighted by atomic mass is 10.1. The molecule has 0 aliphatic carbocycles. The molecular formula is C20H22N3OSi+. The molecule has 0 unspecified atom stereocenters. The highest BCUT2D eigenvalue weighted by atomic mass is 28.3. The van der Waals surface area contributed by atoms with Gasteiger partial charge in [-0.3, -0.25) is 9.97 Å². The maximum absolute atomic E-state index is 6.14. The molecule has 126 valence electrons. The number of aryl methyl sites for hydroxylation is 1. The standard InChI is InChI=1S/C20H21N3OSi/c1-15-8-7-11-17(20(15)24-25(2)3)23-19(16-9-5-4-6-10-16)18-14-21-12-13-22-18/h4-14,25H,1-3H3/p+1. The Balaban J connectivity index is 0.00000243. The van der Waals surface area contributed by atoms with E-state index in [0.717, 1.165) is 34.0 Å². The summed E-state index contributed by atoms with van der Waals surface area (Å²) in [5, 5.41) is 0. The summed E-state index contributed by atoms with van der Waals surface area (Å²) in [7, 11) is -1.24. The smallest absolute Gasteiger partial charge is 0.545 e. The third-order valence-electron chi connectivity index (χ3n) is 3.63. The van der Waals surface area contributed by atoms with Gasteiger partial charge in [-0.2, -0.15) is 0 Å². The summed E-state index contributed by atoms with van der Waals surface area (Å²) in [6, 6.07) is 16.1. The third-order valence-corrected chi connectivity index (χ3v) is 4.34. The number of hydrogen-bond donors (Lipinski definition) is 0. The van der Waals surface area contributed by atoms with Gasteiger partial charge in [0.15, 0.2) is 0 Å². The van der Waals surface area contributed by atoms with Gasteiger partial charge in [-0.25, -0.2) is 4.99 Å². The van der Waals surface area contributed by atoms with Gasteiger partial charge in [-0.15, -0.1) is 0 Å². The van der Waals surface area contributed by atoms with Crippen molar-refractivity contribution >= 4 is 20.4 Å². The minimum absolute atomic E-state index is 0. The van der Waals surface area contributed by atoms with Crippen LogP contribution in [0.5, 0.6) is 5.75 Å². The summed E-state index contributed by atoms with van der Waals surface area (Å²) in [6.07, 6.45) is 5.08. The van der Waals surface area contributed by atoms with Gasteiger partial charge >= 0.3 is 1.43 Å². The maximum Gasteiger partial charge on any atom is 1.00 e. The first-order valence-electron chi connectivity index (χ1n) is 8.32. The second kappa shape index (κ2) is 7.85. The van der Waals surface area contributed by atoms with E-state index in [9.17, 15) is 0 Å². The first-order valence-corrected chi connectivity index (χ1v) is 11.1. The molecule has 0 aliphatic rings. The summed E-state index contributed by atoms with van der Waals surface area (Å²) >= 11 is 0. The second-order valence-electron chi connectivity index (χ2n) is 6.01. The van der Waals surface area contributed by atoms with Crippen molar-refractivity contribution in [3.05, 3.63) is 83.9 Å². The Hall–Kier alpha value is -2.79. The van der Waals surface area contributed by atoms with Crippen LogP contribution in [0.3, 0.4) is 0 Å². The molecular weight excluding hydrogens is 326 g/mol. The topological polar surface area (TPSA) is 47.4 Å². The summed E-state index contributed by atoms with van der Waals surface area (Å²) in [5.41, 5.74) is 4.44. The Morgan fingerprint density at radius 2 is 1.84 bits per heavy atom. The van der Waals surface area contributed by atoms with Gasteiger partial charge in [0.05, 0.1) is 11.9 Å². The predicted molar refractivity (Wildman–Crippen MR) is 106 cm³/mol. The molecule has 0 bridgehead atoms. The van der Waals surface area contributed by atoms with Crippen LogP contribution in [0.4, 0.5) is 5.69 Å². The Morgan fingerprint density at radius 1 is 1.04 bits per heavy atom. The van der Waals surface area contributed by atoms with Gasteiger partial charge in [0.25, 0.3) is 0 Å². The van der Waals surface area contributed by atoms with Gasteiger partial charge in [0, 0.05) is 18.0 Å². The molecule has 3 rings (SSSR count). The number of para-hydroxylation sites is 1. The second-order valence-corrected chi connectivity index (χ2v) is 8.34. The number of nitrogens with zero attached hydrogens (tertiary/aromatic N) is 3. The van der Waals surface area contributed by atoms with Crippen LogP contribution in [0.2, 0.25) is 13.1 Å². The lowest BCUT2D eigenvalue weighted by Crippen LogP contribution is -2.12. The molecule has 0 saturated carbocycles. The van der Waals surface area contributed by atoms with E-state index >= 15 is 0 Å². The van der Waals surface area contributed by atoms with E-state index in [4.69, 9.17) is 9.42 Å². The fourth-order valence-corrected chi connectivity index (χ4v) is 3.30. The molecule has 0 N–H and O–H groups in total. The lowest BCUT2D eigenvalue weighted by Gasteiger charge is -2.15. The van der Waals surface area contributed by atoms with Crippen LogP contribution in [0.1, 0.15) is 18.2 Å². The minimum atomic E-state index is -1.24. The molecule has 1 heterocycles. The molecule has 25 heavy (non-hydrogen) atoms. The van der Waals surface area contributed by atoms with E-state index in [-0.39, 0.29) is 1.43 Å². The largest absolute Gasteiger partial charge is 1.00 e. The van der Waals surface area contributed by atoms with Crippen LogP contribution in [0, 0.1) is 6.92 Å². The molecule has 4 nitrogen and oxygen atoms in total. The van der Waals surface area contributed by atoms with Crippen molar-refractivity contribution in [2.75, 3.05) is 0 Å². The predicted octanol–water partition coefficient (Wildman–Crippen LogP) is 4.43. The normalized spacial score (nSPS) is 11.6. The first kappa shape index (κ1) is 17.0. The van der Waals surface area contributed by atoms with Crippen LogP contribution in [-0.4, -0.2) is 24.7 Å². The van der Waals surface area contributed by atoms with Crippen LogP contribution in [0.25, 0.3) is 0 Å². The molecule has 0 spiro atoms. The fourth-order valence-electron chi connectivity index (χ4n) is 2.52. The monoisotopic (exact) mass is 348 g/mol. The van der Waals surface area contributed by atoms with Crippen LogP contribution in [0.15, 0.2) is 72.1 Å². The van der Waals surface area contributed by atoms with Gasteiger partial charge in [0.2, 0.25) is 9.04 Å². The Bertz CT molecular complexity index is 829. The highest BCUT2D eigenvalue weighted by Gasteiger charge is 2.13.